The van der Waals surface area contributed by atoms with E-state index in [-0.39, 0.29) is 6.79 Å². The van der Waals surface area contributed by atoms with Crippen LogP contribution in [0.15, 0.2) is 36.4 Å². The Morgan fingerprint density at radius 3 is 2.88 bits per heavy atom. The van der Waals surface area contributed by atoms with Crippen LogP contribution >= 0.6 is 22.6 Å². The zero-order chi connectivity index (χ0) is 17.8. The van der Waals surface area contributed by atoms with Crippen LogP contribution in [0.4, 0.5) is 0 Å². The van der Waals surface area contributed by atoms with Crippen LogP contribution in [0.5, 0.6) is 17.2 Å². The second-order valence-electron chi connectivity index (χ2n) is 5.71. The molecule has 0 saturated carbocycles. The van der Waals surface area contributed by atoms with Crippen LogP contribution in [-0.2, 0) is 17.9 Å². The molecule has 3 rings (SSSR count). The Morgan fingerprint density at radius 2 is 2.12 bits per heavy atom. The van der Waals surface area contributed by atoms with Crippen LogP contribution in [0.1, 0.15) is 18.1 Å². The SMILES string of the molecule is CC(NCc1ccc(OCc2cccc(I)c2)c2c1OCO2)C(N)=O. The van der Waals surface area contributed by atoms with Crippen molar-refractivity contribution in [2.24, 2.45) is 5.73 Å². The summed E-state index contributed by atoms with van der Waals surface area (Å²) in [5, 5.41) is 3.06. The minimum absolute atomic E-state index is 0.150. The van der Waals surface area contributed by atoms with Crippen LogP contribution in [0.25, 0.3) is 0 Å². The molecular weight excluding hydrogens is 435 g/mol. The lowest BCUT2D eigenvalue weighted by Crippen LogP contribution is -2.38. The highest BCUT2D eigenvalue weighted by molar-refractivity contribution is 14.1. The van der Waals surface area contributed by atoms with Crippen molar-refractivity contribution in [2.75, 3.05) is 6.79 Å². The molecule has 0 saturated heterocycles. The van der Waals surface area contributed by atoms with E-state index in [4.69, 9.17) is 19.9 Å². The molecular formula is C18H19IN2O4. The second kappa shape index (κ2) is 7.92. The number of halogens is 1. The van der Waals surface area contributed by atoms with Gasteiger partial charge >= 0.3 is 0 Å². The van der Waals surface area contributed by atoms with E-state index in [0.29, 0.717) is 30.4 Å². The first kappa shape index (κ1) is 17.8. The Bertz CT molecular complexity index is 782. The van der Waals surface area contributed by atoms with Crippen molar-refractivity contribution in [1.29, 1.82) is 0 Å². The maximum atomic E-state index is 11.1. The van der Waals surface area contributed by atoms with Gasteiger partial charge in [-0.2, -0.15) is 0 Å². The predicted octanol–water partition coefficient (Wildman–Crippen LogP) is 2.56. The largest absolute Gasteiger partial charge is 0.485 e. The fourth-order valence-electron chi connectivity index (χ4n) is 2.43. The summed E-state index contributed by atoms with van der Waals surface area (Å²) in [6.45, 7) is 2.77. The molecule has 1 heterocycles. The third-order valence-corrected chi connectivity index (χ3v) is 4.54. The van der Waals surface area contributed by atoms with Gasteiger partial charge in [-0.3, -0.25) is 4.79 Å². The molecule has 2 aromatic carbocycles. The zero-order valence-corrected chi connectivity index (χ0v) is 15.9. The number of hydrogen-bond donors (Lipinski definition) is 2. The summed E-state index contributed by atoms with van der Waals surface area (Å²) in [5.74, 6) is 1.48. The summed E-state index contributed by atoms with van der Waals surface area (Å²) in [6.07, 6.45) is 0. The molecule has 3 N–H and O–H groups in total. The smallest absolute Gasteiger partial charge is 0.234 e. The number of nitrogens with two attached hydrogens (primary N) is 1. The van der Waals surface area contributed by atoms with Crippen molar-refractivity contribution in [3.05, 3.63) is 51.1 Å². The van der Waals surface area contributed by atoms with Crippen LogP contribution in [0.2, 0.25) is 0 Å². The molecule has 1 atom stereocenters. The quantitative estimate of drug-likeness (QED) is 0.629. The third-order valence-electron chi connectivity index (χ3n) is 3.87. The molecule has 7 heteroatoms. The number of primary amides is 1. The second-order valence-corrected chi connectivity index (χ2v) is 6.96. The zero-order valence-electron chi connectivity index (χ0n) is 13.8. The number of ether oxygens (including phenoxy) is 3. The van der Waals surface area contributed by atoms with Crippen LogP contribution in [0.3, 0.4) is 0 Å². The van der Waals surface area contributed by atoms with E-state index in [9.17, 15) is 4.79 Å². The number of amides is 1. The molecule has 0 aromatic heterocycles. The topological polar surface area (TPSA) is 82.8 Å². The van der Waals surface area contributed by atoms with Gasteiger partial charge in [-0.1, -0.05) is 18.2 Å². The highest BCUT2D eigenvalue weighted by Gasteiger charge is 2.23. The van der Waals surface area contributed by atoms with E-state index in [1.165, 1.54) is 0 Å². The number of fused-ring (bicyclic) bond motifs is 1. The Morgan fingerprint density at radius 1 is 1.32 bits per heavy atom. The van der Waals surface area contributed by atoms with E-state index in [1.54, 1.807) is 6.92 Å². The summed E-state index contributed by atoms with van der Waals surface area (Å²) in [6, 6.07) is 11.5. The minimum Gasteiger partial charge on any atom is -0.485 e. The minimum atomic E-state index is -0.422. The predicted molar refractivity (Wildman–Crippen MR) is 102 cm³/mol. The van der Waals surface area contributed by atoms with Gasteiger partial charge in [0.2, 0.25) is 18.4 Å². The monoisotopic (exact) mass is 454 g/mol. The van der Waals surface area contributed by atoms with Gasteiger partial charge in [-0.15, -0.1) is 0 Å². The number of carbonyl (C=O) groups excluding carboxylic acids is 1. The van der Waals surface area contributed by atoms with Gasteiger partial charge in [-0.25, -0.2) is 0 Å². The van der Waals surface area contributed by atoms with Gasteiger partial charge in [-0.05, 0) is 53.3 Å². The highest BCUT2D eigenvalue weighted by Crippen LogP contribution is 2.43. The van der Waals surface area contributed by atoms with Crippen molar-refractivity contribution in [2.45, 2.75) is 26.1 Å². The average molecular weight is 454 g/mol. The molecule has 6 nitrogen and oxygen atoms in total. The fourth-order valence-corrected chi connectivity index (χ4v) is 3.04. The Hall–Kier alpha value is -2.00. The van der Waals surface area contributed by atoms with Gasteiger partial charge in [0.25, 0.3) is 0 Å². The molecule has 0 bridgehead atoms. The molecule has 0 radical (unpaired) electrons. The molecule has 0 fully saturated rings. The average Bonchev–Trinajstić information content (AvgIpc) is 3.08. The first-order valence-electron chi connectivity index (χ1n) is 7.86. The van der Waals surface area contributed by atoms with Crippen LogP contribution in [0, 0.1) is 3.57 Å². The molecule has 2 aromatic rings. The van der Waals surface area contributed by atoms with E-state index >= 15 is 0 Å². The highest BCUT2D eigenvalue weighted by atomic mass is 127. The Labute approximate surface area is 159 Å². The lowest BCUT2D eigenvalue weighted by atomic mass is 10.1. The molecule has 0 aliphatic carbocycles. The molecule has 1 amide bonds. The van der Waals surface area contributed by atoms with Gasteiger partial charge < -0.3 is 25.3 Å². The molecule has 1 aliphatic rings. The number of nitrogens with one attached hydrogen (secondary N) is 1. The molecule has 0 spiro atoms. The normalized spacial score (nSPS) is 13.5. The first-order valence-corrected chi connectivity index (χ1v) is 8.94. The van der Waals surface area contributed by atoms with E-state index < -0.39 is 11.9 Å². The summed E-state index contributed by atoms with van der Waals surface area (Å²) in [7, 11) is 0. The van der Waals surface area contributed by atoms with E-state index in [1.807, 2.05) is 30.3 Å². The standard InChI is InChI=1S/C18H19IN2O4/c1-11(18(20)22)21-8-13-5-6-15(17-16(13)24-10-25-17)23-9-12-3-2-4-14(19)7-12/h2-7,11,21H,8-10H2,1H3,(H2,20,22). The third kappa shape index (κ3) is 4.35. The summed E-state index contributed by atoms with van der Waals surface area (Å²) >= 11 is 2.27. The van der Waals surface area contributed by atoms with Crippen molar-refractivity contribution in [3.63, 3.8) is 0 Å². The molecule has 1 aliphatic heterocycles. The maximum absolute atomic E-state index is 11.1. The molecule has 132 valence electrons. The lowest BCUT2D eigenvalue weighted by Gasteiger charge is -2.14. The van der Waals surface area contributed by atoms with Gasteiger partial charge in [0, 0.05) is 15.7 Å². The summed E-state index contributed by atoms with van der Waals surface area (Å²) < 4.78 is 18.2. The van der Waals surface area contributed by atoms with Gasteiger partial charge in [0.15, 0.2) is 11.5 Å². The Kier molecular flexibility index (Phi) is 5.64. The van der Waals surface area contributed by atoms with Crippen molar-refractivity contribution in [1.82, 2.24) is 5.32 Å². The molecule has 25 heavy (non-hydrogen) atoms. The van der Waals surface area contributed by atoms with Crippen LogP contribution < -0.4 is 25.3 Å². The number of rotatable bonds is 7. The van der Waals surface area contributed by atoms with Crippen molar-refractivity contribution < 1.29 is 19.0 Å². The van der Waals surface area contributed by atoms with Crippen molar-refractivity contribution >= 4 is 28.5 Å². The summed E-state index contributed by atoms with van der Waals surface area (Å²) in [5.41, 5.74) is 7.24. The number of hydrogen-bond acceptors (Lipinski definition) is 5. The summed E-state index contributed by atoms with van der Waals surface area (Å²) in [4.78, 5) is 11.1. The Balaban J connectivity index is 1.72. The number of carbonyl (C=O) groups is 1. The van der Waals surface area contributed by atoms with E-state index in [2.05, 4.69) is 34.0 Å². The van der Waals surface area contributed by atoms with Gasteiger partial charge in [0.1, 0.15) is 6.61 Å². The first-order chi connectivity index (χ1) is 12.0. The maximum Gasteiger partial charge on any atom is 0.234 e. The molecule has 1 unspecified atom stereocenters. The number of benzene rings is 2. The lowest BCUT2D eigenvalue weighted by molar-refractivity contribution is -0.119. The van der Waals surface area contributed by atoms with Gasteiger partial charge in [0.05, 0.1) is 6.04 Å². The van der Waals surface area contributed by atoms with Crippen molar-refractivity contribution in [3.8, 4) is 17.2 Å². The fraction of sp³-hybridized carbons (Fsp3) is 0.278. The van der Waals surface area contributed by atoms with E-state index in [0.717, 1.165) is 14.7 Å². The van der Waals surface area contributed by atoms with Crippen LogP contribution in [-0.4, -0.2) is 18.7 Å².